The minimum Gasteiger partial charge on any atom is -0.456 e. The maximum Gasteiger partial charge on any atom is 0.273 e. The predicted molar refractivity (Wildman–Crippen MR) is 242 cm³/mol. The van der Waals surface area contributed by atoms with E-state index in [1.165, 1.54) is 36.0 Å². The number of hydrogen-bond donors (Lipinski definition) is 3. The maximum atomic E-state index is 13.9. The Morgan fingerprint density at radius 2 is 1.71 bits per heavy atom. The summed E-state index contributed by atoms with van der Waals surface area (Å²) in [6.07, 6.45) is 8.67. The van der Waals surface area contributed by atoms with Gasteiger partial charge in [-0.25, -0.2) is 13.1 Å². The molecule has 3 aliphatic rings. The molecule has 312 valence electrons. The van der Waals surface area contributed by atoms with Crippen LogP contribution in [0.5, 0.6) is 11.5 Å². The number of H-pyrrole nitrogens is 1. The van der Waals surface area contributed by atoms with E-state index in [2.05, 4.69) is 55.7 Å². The lowest BCUT2D eigenvalue weighted by atomic mass is 9.72. The first kappa shape index (κ1) is 41.4. The third kappa shape index (κ3) is 10.0. The van der Waals surface area contributed by atoms with Crippen LogP contribution < -0.4 is 19.7 Å². The van der Waals surface area contributed by atoms with Crippen molar-refractivity contribution in [3.63, 3.8) is 0 Å². The fraction of sp³-hybridized carbons (Fsp3) is 0.413. The summed E-state index contributed by atoms with van der Waals surface area (Å²) in [5.74, 6) is 0.0919. The monoisotopic (exact) mass is 854 g/mol. The van der Waals surface area contributed by atoms with Gasteiger partial charge in [0.15, 0.2) is 0 Å². The van der Waals surface area contributed by atoms with E-state index in [0.717, 1.165) is 122 Å². The molecular weight excluding hydrogens is 800 g/mol. The van der Waals surface area contributed by atoms with Crippen molar-refractivity contribution in [3.05, 3.63) is 106 Å². The minimum absolute atomic E-state index is 0.0910. The van der Waals surface area contributed by atoms with Crippen LogP contribution in [0.4, 0.5) is 10.7 Å². The predicted octanol–water partition coefficient (Wildman–Crippen LogP) is 9.79. The summed E-state index contributed by atoms with van der Waals surface area (Å²) in [5.41, 5.74) is 7.34. The van der Waals surface area contributed by atoms with Crippen LogP contribution in [0.1, 0.15) is 73.9 Å². The van der Waals surface area contributed by atoms with Gasteiger partial charge in [-0.2, -0.15) is 0 Å². The van der Waals surface area contributed by atoms with E-state index in [1.807, 2.05) is 61.7 Å². The van der Waals surface area contributed by atoms with Crippen LogP contribution in [0.15, 0.2) is 88.8 Å². The number of aryl methyl sites for hydroxylation is 1. The highest BCUT2D eigenvalue weighted by molar-refractivity contribution is 7.92. The first-order chi connectivity index (χ1) is 28.4. The van der Waals surface area contributed by atoms with Gasteiger partial charge in [0.25, 0.3) is 15.9 Å². The quantitative estimate of drug-likeness (QED) is 0.0948. The third-order valence-electron chi connectivity index (χ3n) is 12.0. The number of fused-ring (bicyclic) bond motifs is 1. The highest BCUT2D eigenvalue weighted by atomic mass is 35.5. The van der Waals surface area contributed by atoms with Crippen LogP contribution in [0.2, 0.25) is 5.02 Å². The van der Waals surface area contributed by atoms with E-state index in [1.54, 1.807) is 12.1 Å². The molecule has 0 unspecified atom stereocenters. The molecule has 4 heterocycles. The lowest BCUT2D eigenvalue weighted by Crippen LogP contribution is -2.47. The number of carbonyl (C=O) groups excluding carboxylic acids is 1. The number of nitrogens with one attached hydrogen (secondary N) is 3. The molecule has 0 bridgehead atoms. The molecule has 59 heavy (non-hydrogen) atoms. The molecule has 3 aromatic carbocycles. The summed E-state index contributed by atoms with van der Waals surface area (Å²) in [6.45, 7) is 15.0. The van der Waals surface area contributed by atoms with Crippen molar-refractivity contribution in [2.45, 2.75) is 63.5 Å². The lowest BCUT2D eigenvalue weighted by molar-refractivity contribution is 0.0979. The van der Waals surface area contributed by atoms with Gasteiger partial charge in [-0.1, -0.05) is 43.2 Å². The molecule has 8 rings (SSSR count). The number of thiophene rings is 1. The van der Waals surface area contributed by atoms with Crippen molar-refractivity contribution < 1.29 is 17.9 Å². The van der Waals surface area contributed by atoms with Gasteiger partial charge in [0, 0.05) is 73.1 Å². The van der Waals surface area contributed by atoms with E-state index in [-0.39, 0.29) is 20.9 Å². The molecule has 3 N–H and O–H groups in total. The third-order valence-corrected chi connectivity index (χ3v) is 15.3. The van der Waals surface area contributed by atoms with E-state index >= 15 is 0 Å². The maximum absolute atomic E-state index is 13.9. The Morgan fingerprint density at radius 3 is 2.49 bits per heavy atom. The molecule has 0 atom stereocenters. The number of ether oxygens (including phenoxy) is 1. The minimum atomic E-state index is -4.16. The Labute approximate surface area is 357 Å². The summed E-state index contributed by atoms with van der Waals surface area (Å²) >= 11 is 7.40. The zero-order valence-corrected chi connectivity index (χ0v) is 36.7. The molecule has 2 fully saturated rings. The second-order valence-corrected chi connectivity index (χ2v) is 20.4. The smallest absolute Gasteiger partial charge is 0.273 e. The Balaban J connectivity index is 0.972. The summed E-state index contributed by atoms with van der Waals surface area (Å²) < 4.78 is 36.2. The van der Waals surface area contributed by atoms with Crippen LogP contribution in [0.25, 0.3) is 16.5 Å². The van der Waals surface area contributed by atoms with Crippen LogP contribution in [-0.2, 0) is 10.0 Å². The van der Waals surface area contributed by atoms with E-state index in [0.29, 0.717) is 5.75 Å². The zero-order valence-electron chi connectivity index (χ0n) is 34.3. The van der Waals surface area contributed by atoms with E-state index in [9.17, 15) is 13.2 Å². The fourth-order valence-electron chi connectivity index (χ4n) is 8.60. The molecule has 0 radical (unpaired) electrons. The summed E-state index contributed by atoms with van der Waals surface area (Å²) in [5, 5.41) is 5.93. The number of benzene rings is 3. The highest BCUT2D eigenvalue weighted by Gasteiger charge is 2.30. The summed E-state index contributed by atoms with van der Waals surface area (Å²) in [6, 6.07) is 23.0. The van der Waals surface area contributed by atoms with E-state index < -0.39 is 15.9 Å². The molecule has 2 aliphatic heterocycles. The number of aromatic amines is 1. The number of amides is 1. The first-order valence-electron chi connectivity index (χ1n) is 20.9. The standard InChI is InChI=1S/C46H55ClN6O4S2/c1-32-27-43(58-45(32)49-18-6-22-51-20-4-5-21-51)59(55,56)50-44(54)39-13-11-37(29-42(39)57-38-12-14-41-34(28-38)16-19-48-41)53-25-23-52(24-26-53)31-35-15-17-46(2,3)30-40(35)33-7-9-36(47)10-8-33/h7-14,16,19,27-29,48-49H,4-6,15,17-18,20-26,30-31H2,1-3H3,(H,50,54). The first-order valence-corrected chi connectivity index (χ1v) is 23.5. The average molecular weight is 856 g/mol. The van der Waals surface area contributed by atoms with Gasteiger partial charge in [0.05, 0.1) is 10.6 Å². The van der Waals surface area contributed by atoms with Crippen molar-refractivity contribution in [1.82, 2.24) is 19.5 Å². The van der Waals surface area contributed by atoms with Gasteiger partial charge in [-0.3, -0.25) is 9.69 Å². The number of allylic oxidation sites excluding steroid dienone is 1. The van der Waals surface area contributed by atoms with Crippen LogP contribution in [0.3, 0.4) is 0 Å². The topological polar surface area (TPSA) is 110 Å². The van der Waals surface area contributed by atoms with E-state index in [4.69, 9.17) is 16.3 Å². The average Bonchev–Trinajstić information content (AvgIpc) is 4.00. The second-order valence-electron chi connectivity index (χ2n) is 17.0. The molecule has 0 saturated carbocycles. The fourth-order valence-corrected chi connectivity index (χ4v) is 11.2. The molecule has 0 spiro atoms. The van der Waals surface area contributed by atoms with Crippen molar-refractivity contribution in [3.8, 4) is 11.5 Å². The van der Waals surface area contributed by atoms with Crippen LogP contribution in [0, 0.1) is 12.3 Å². The Morgan fingerprint density at radius 1 is 0.932 bits per heavy atom. The van der Waals surface area contributed by atoms with Gasteiger partial charge in [0.2, 0.25) is 0 Å². The molecule has 10 nitrogen and oxygen atoms in total. The van der Waals surface area contributed by atoms with Crippen LogP contribution >= 0.6 is 22.9 Å². The van der Waals surface area contributed by atoms with Gasteiger partial charge in [-0.15, -0.1) is 11.3 Å². The van der Waals surface area contributed by atoms with Crippen LogP contribution in [-0.4, -0.2) is 88.0 Å². The number of rotatable bonds is 14. The number of nitrogens with zero attached hydrogens (tertiary/aromatic N) is 3. The molecule has 1 amide bonds. The van der Waals surface area contributed by atoms with Gasteiger partial charge in [-0.05, 0) is 142 Å². The normalized spacial score (nSPS) is 17.8. The molecule has 2 aromatic heterocycles. The molecular formula is C46H55ClN6O4S2. The summed E-state index contributed by atoms with van der Waals surface area (Å²) in [7, 11) is -4.16. The number of aromatic nitrogens is 1. The van der Waals surface area contributed by atoms with Crippen molar-refractivity contribution in [2.24, 2.45) is 5.41 Å². The van der Waals surface area contributed by atoms with Crippen molar-refractivity contribution in [1.29, 1.82) is 0 Å². The number of halogens is 1. The molecule has 2 saturated heterocycles. The number of likely N-dealkylation sites (tertiary alicyclic amines) is 1. The number of sulfonamides is 1. The van der Waals surface area contributed by atoms with Crippen molar-refractivity contribution >= 4 is 66.0 Å². The number of anilines is 2. The number of hydrogen-bond acceptors (Lipinski definition) is 9. The highest BCUT2D eigenvalue weighted by Crippen LogP contribution is 2.43. The molecule has 5 aromatic rings. The second kappa shape index (κ2) is 17.7. The summed E-state index contributed by atoms with van der Waals surface area (Å²) in [4.78, 5) is 24.4. The van der Waals surface area contributed by atoms with Crippen molar-refractivity contribution in [2.75, 3.05) is 69.1 Å². The molecule has 1 aliphatic carbocycles. The molecule has 13 heteroatoms. The Kier molecular flexibility index (Phi) is 12.4. The SMILES string of the molecule is Cc1cc(S(=O)(=O)NC(=O)c2ccc(N3CCN(CC4=C(c5ccc(Cl)cc5)CC(C)(C)CC4)CC3)cc2Oc2ccc3[nH]ccc3c2)sc1NCCCN1CCCC1. The largest absolute Gasteiger partial charge is 0.456 e. The van der Waals surface area contributed by atoms with Gasteiger partial charge >= 0.3 is 0 Å². The number of carbonyl (C=O) groups is 1. The zero-order chi connectivity index (χ0) is 41.1. The Hall–Kier alpha value is -4.33. The lowest BCUT2D eigenvalue weighted by Gasteiger charge is -2.39. The van der Waals surface area contributed by atoms with Gasteiger partial charge in [0.1, 0.15) is 15.7 Å². The van der Waals surface area contributed by atoms with Gasteiger partial charge < -0.3 is 24.8 Å². The Bertz CT molecular complexity index is 2430. The number of piperazine rings is 1.